The first-order valence-corrected chi connectivity index (χ1v) is 13.5. The molecule has 5 rings (SSSR count). The fraction of sp³-hybridized carbons (Fsp3) is 0.320. The molecule has 0 saturated carbocycles. The number of aromatic nitrogens is 1. The molecule has 13 heteroatoms. The lowest BCUT2D eigenvalue weighted by Crippen LogP contribution is -2.52. The second-order valence-electron chi connectivity index (χ2n) is 8.76. The van der Waals surface area contributed by atoms with Gasteiger partial charge in [-0.25, -0.2) is 15.0 Å². The number of carbonyl (C=O) groups is 1. The highest BCUT2D eigenvalue weighted by Crippen LogP contribution is 2.49. The lowest BCUT2D eigenvalue weighted by Gasteiger charge is -2.32. The van der Waals surface area contributed by atoms with E-state index in [2.05, 4.69) is 27.7 Å². The van der Waals surface area contributed by atoms with E-state index in [0.29, 0.717) is 44.4 Å². The summed E-state index contributed by atoms with van der Waals surface area (Å²) in [5, 5.41) is 7.93. The topological polar surface area (TPSA) is 94.6 Å². The summed E-state index contributed by atoms with van der Waals surface area (Å²) >= 11 is 14.9. The van der Waals surface area contributed by atoms with Crippen molar-refractivity contribution in [1.82, 2.24) is 20.3 Å². The van der Waals surface area contributed by atoms with Gasteiger partial charge in [-0.1, -0.05) is 23.2 Å². The number of amidine groups is 1. The van der Waals surface area contributed by atoms with Crippen LogP contribution in [0.15, 0.2) is 40.8 Å². The predicted molar refractivity (Wildman–Crippen MR) is 152 cm³/mol. The van der Waals surface area contributed by atoms with Crippen molar-refractivity contribution in [3.05, 3.63) is 56.3 Å². The van der Waals surface area contributed by atoms with Crippen LogP contribution in [0.4, 0.5) is 17.2 Å². The molecule has 4 heterocycles. The number of anilines is 3. The minimum Gasteiger partial charge on any atom is -0.495 e. The van der Waals surface area contributed by atoms with Crippen LogP contribution >= 0.6 is 34.5 Å². The Hall–Kier alpha value is -3.09. The van der Waals surface area contributed by atoms with Crippen molar-refractivity contribution in [2.75, 3.05) is 64.3 Å². The zero-order valence-corrected chi connectivity index (χ0v) is 23.5. The highest BCUT2D eigenvalue weighted by atomic mass is 35.5. The van der Waals surface area contributed by atoms with Gasteiger partial charge in [-0.2, -0.15) is 0 Å². The molecule has 200 valence electrons. The van der Waals surface area contributed by atoms with Gasteiger partial charge in [0.05, 0.1) is 36.0 Å². The highest BCUT2D eigenvalue weighted by molar-refractivity contribution is 7.13. The molecule has 2 aromatic heterocycles. The fourth-order valence-corrected chi connectivity index (χ4v) is 5.79. The second kappa shape index (κ2) is 11.3. The first-order chi connectivity index (χ1) is 18.4. The summed E-state index contributed by atoms with van der Waals surface area (Å²) in [6, 6.07) is 7.15. The van der Waals surface area contributed by atoms with E-state index in [1.54, 1.807) is 38.6 Å². The number of methoxy groups -OCH3 is 2. The van der Waals surface area contributed by atoms with Crippen LogP contribution < -0.4 is 25.1 Å². The minimum atomic E-state index is -0.178. The molecule has 2 N–H and O–H groups in total. The van der Waals surface area contributed by atoms with Gasteiger partial charge in [0.1, 0.15) is 39.9 Å². The van der Waals surface area contributed by atoms with Crippen molar-refractivity contribution in [2.45, 2.75) is 0 Å². The van der Waals surface area contributed by atoms with E-state index in [1.807, 2.05) is 21.4 Å². The normalized spacial score (nSPS) is 16.0. The number of thiophene rings is 1. The molecule has 3 aromatic rings. The van der Waals surface area contributed by atoms with E-state index < -0.39 is 0 Å². The Bertz CT molecular complexity index is 1330. The van der Waals surface area contributed by atoms with Crippen molar-refractivity contribution in [3.8, 4) is 11.5 Å². The maximum Gasteiger partial charge on any atom is 0.267 e. The molecule has 0 aliphatic carbocycles. The van der Waals surface area contributed by atoms with E-state index >= 15 is 0 Å². The highest BCUT2D eigenvalue weighted by Gasteiger charge is 2.29. The van der Waals surface area contributed by atoms with Crippen LogP contribution in [0.25, 0.3) is 0 Å². The van der Waals surface area contributed by atoms with E-state index in [-0.39, 0.29) is 12.6 Å². The molecule has 0 bridgehead atoms. The molecule has 1 saturated heterocycles. The number of benzene rings is 1. The Morgan fingerprint density at radius 3 is 2.39 bits per heavy atom. The number of nitrogens with one attached hydrogen (secondary N) is 2. The summed E-state index contributed by atoms with van der Waals surface area (Å²) in [4.78, 5) is 26.9. The average Bonchev–Trinajstić information content (AvgIpc) is 3.42. The smallest absolute Gasteiger partial charge is 0.267 e. The van der Waals surface area contributed by atoms with Crippen LogP contribution in [0.5, 0.6) is 11.5 Å². The van der Waals surface area contributed by atoms with Crippen LogP contribution in [0.1, 0.15) is 15.2 Å². The summed E-state index contributed by atoms with van der Waals surface area (Å²) in [7, 11) is 5.15. The van der Waals surface area contributed by atoms with Crippen molar-refractivity contribution in [3.63, 3.8) is 0 Å². The molecule has 2 aliphatic heterocycles. The monoisotopic (exact) mass is 575 g/mol. The average molecular weight is 577 g/mol. The predicted octanol–water partition coefficient (Wildman–Crippen LogP) is 4.33. The first kappa shape index (κ1) is 26.5. The number of halogens is 2. The van der Waals surface area contributed by atoms with Crippen molar-refractivity contribution >= 4 is 63.5 Å². The second-order valence-corrected chi connectivity index (χ2v) is 10.4. The number of hydrogen-bond acceptors (Lipinski definition) is 10. The number of hydrazine groups is 1. The fourth-order valence-electron chi connectivity index (χ4n) is 4.23. The number of aliphatic imine (C=N–C) groups is 1. The largest absolute Gasteiger partial charge is 0.495 e. The van der Waals surface area contributed by atoms with Gasteiger partial charge >= 0.3 is 0 Å². The van der Waals surface area contributed by atoms with Gasteiger partial charge in [-0.3, -0.25) is 10.2 Å². The Morgan fingerprint density at radius 2 is 1.76 bits per heavy atom. The van der Waals surface area contributed by atoms with Crippen molar-refractivity contribution < 1.29 is 14.3 Å². The zero-order chi connectivity index (χ0) is 26.8. The molecule has 0 atom stereocenters. The third-order valence-electron chi connectivity index (χ3n) is 6.38. The Kier molecular flexibility index (Phi) is 7.91. The number of hydrogen-bond donors (Lipinski definition) is 2. The molecule has 1 amide bonds. The summed E-state index contributed by atoms with van der Waals surface area (Å²) < 4.78 is 10.9. The molecule has 1 aromatic carbocycles. The lowest BCUT2D eigenvalue weighted by molar-refractivity contribution is 0.0662. The summed E-state index contributed by atoms with van der Waals surface area (Å²) in [6.45, 7) is 3.65. The molecule has 10 nitrogen and oxygen atoms in total. The number of rotatable bonds is 6. The third kappa shape index (κ3) is 5.25. The van der Waals surface area contributed by atoms with Gasteiger partial charge in [-0.05, 0) is 30.6 Å². The molecule has 0 spiro atoms. The van der Waals surface area contributed by atoms with Gasteiger partial charge in [0, 0.05) is 38.4 Å². The van der Waals surface area contributed by atoms with E-state index in [4.69, 9.17) is 37.7 Å². The van der Waals surface area contributed by atoms with Gasteiger partial charge in [-0.15, -0.1) is 11.3 Å². The minimum absolute atomic E-state index is 0.178. The maximum atomic E-state index is 12.6. The number of amides is 1. The van der Waals surface area contributed by atoms with Crippen LogP contribution in [-0.2, 0) is 0 Å². The quantitative estimate of drug-likeness (QED) is 0.448. The SMILES string of the molecule is COc1cc(OC)c(Cl)c(N2CN=C(Nc3ccc(C(=O)NN4CCN(C)CC4)cn3)c3sccc32)c1Cl. The van der Waals surface area contributed by atoms with Gasteiger partial charge in [0.15, 0.2) is 0 Å². The van der Waals surface area contributed by atoms with E-state index in [0.717, 1.165) is 36.7 Å². The molecular weight excluding hydrogens is 549 g/mol. The van der Waals surface area contributed by atoms with Crippen LogP contribution in [-0.4, -0.2) is 80.8 Å². The van der Waals surface area contributed by atoms with Gasteiger partial charge in [0.2, 0.25) is 0 Å². The Balaban J connectivity index is 1.32. The number of carbonyl (C=O) groups excluding carboxylic acids is 1. The summed E-state index contributed by atoms with van der Waals surface area (Å²) in [5.41, 5.74) is 4.88. The maximum absolute atomic E-state index is 12.6. The van der Waals surface area contributed by atoms with Crippen LogP contribution in [0.2, 0.25) is 10.0 Å². The zero-order valence-electron chi connectivity index (χ0n) is 21.1. The number of piperazine rings is 1. The number of ether oxygens (including phenoxy) is 2. The van der Waals surface area contributed by atoms with Crippen molar-refractivity contribution in [1.29, 1.82) is 0 Å². The standard InChI is InChI=1S/C25H27Cl2N7O3S/c1-32-7-9-33(10-8-32)31-25(35)15-4-5-19(28-13-15)30-24-23-16(6-11-38-23)34(14-29-24)22-20(26)17(36-2)12-18(37-3)21(22)27/h4-6,11-13H,7-10,14H2,1-3H3,(H,31,35)(H,28,29,30). The molecule has 1 fully saturated rings. The summed E-state index contributed by atoms with van der Waals surface area (Å²) in [6.07, 6.45) is 1.56. The number of likely N-dealkylation sites (N-methyl/N-ethyl adjacent to an activating group) is 1. The molecule has 2 aliphatic rings. The number of fused-ring (bicyclic) bond motifs is 1. The number of nitrogens with zero attached hydrogens (tertiary/aromatic N) is 5. The van der Waals surface area contributed by atoms with Gasteiger partial charge in [0.25, 0.3) is 5.91 Å². The summed E-state index contributed by atoms with van der Waals surface area (Å²) in [5.74, 6) is 1.96. The molecule has 0 radical (unpaired) electrons. The van der Waals surface area contributed by atoms with Crippen molar-refractivity contribution in [2.24, 2.45) is 4.99 Å². The Labute approximate surface area is 234 Å². The lowest BCUT2D eigenvalue weighted by atomic mass is 10.2. The Morgan fingerprint density at radius 1 is 1.05 bits per heavy atom. The molecular formula is C25H27Cl2N7O3S. The first-order valence-electron chi connectivity index (χ1n) is 11.9. The van der Waals surface area contributed by atoms with Gasteiger partial charge < -0.3 is 24.6 Å². The molecule has 0 unspecified atom stereocenters. The van der Waals surface area contributed by atoms with E-state index in [1.165, 1.54) is 11.3 Å². The van der Waals surface area contributed by atoms with Crippen LogP contribution in [0, 0.1) is 0 Å². The third-order valence-corrected chi connectivity index (χ3v) is 8.02. The molecule has 38 heavy (non-hydrogen) atoms. The van der Waals surface area contributed by atoms with E-state index in [9.17, 15) is 4.79 Å². The number of pyridine rings is 1. The van der Waals surface area contributed by atoms with Crippen LogP contribution in [0.3, 0.4) is 0 Å².